The highest BCUT2D eigenvalue weighted by Crippen LogP contribution is 2.22. The fourth-order valence-corrected chi connectivity index (χ4v) is 2.23. The van der Waals surface area contributed by atoms with E-state index in [9.17, 15) is 4.79 Å². The predicted octanol–water partition coefficient (Wildman–Crippen LogP) is 1.21. The van der Waals surface area contributed by atoms with Crippen molar-refractivity contribution >= 4 is 11.6 Å². The van der Waals surface area contributed by atoms with Gasteiger partial charge in [0.2, 0.25) is 5.91 Å². The zero-order valence-corrected chi connectivity index (χ0v) is 10.8. The van der Waals surface area contributed by atoms with Gasteiger partial charge in [0.1, 0.15) is 12.1 Å². The number of anilines is 1. The number of nitrogens with one attached hydrogen (secondary N) is 1. The molecule has 1 aliphatic heterocycles. The second kappa shape index (κ2) is 4.65. The second-order valence-corrected chi connectivity index (χ2v) is 4.63. The number of carbonyl (C=O) groups is 1. The molecule has 0 spiro atoms. The van der Waals surface area contributed by atoms with Crippen molar-refractivity contribution in [2.24, 2.45) is 0 Å². The molecular weight excluding hydrogens is 228 g/mol. The quantitative estimate of drug-likeness (QED) is 0.849. The SMILES string of the molecule is Cc1cc(NC2CCN(C)C2=O)c(C#N)c(C)n1. The van der Waals surface area contributed by atoms with Crippen LogP contribution in [0.2, 0.25) is 0 Å². The van der Waals surface area contributed by atoms with E-state index in [0.29, 0.717) is 16.9 Å². The molecule has 2 heterocycles. The molecule has 1 amide bonds. The summed E-state index contributed by atoms with van der Waals surface area (Å²) in [7, 11) is 1.79. The molecule has 1 fully saturated rings. The first-order valence-corrected chi connectivity index (χ1v) is 5.92. The first-order chi connectivity index (χ1) is 8.52. The van der Waals surface area contributed by atoms with Gasteiger partial charge in [0.25, 0.3) is 0 Å². The summed E-state index contributed by atoms with van der Waals surface area (Å²) < 4.78 is 0. The fraction of sp³-hybridized carbons (Fsp3) is 0.462. The normalized spacial score (nSPS) is 18.9. The Labute approximate surface area is 106 Å². The summed E-state index contributed by atoms with van der Waals surface area (Å²) in [6, 6.07) is 3.72. The molecule has 1 unspecified atom stereocenters. The van der Waals surface area contributed by atoms with Gasteiger partial charge in [-0.15, -0.1) is 0 Å². The van der Waals surface area contributed by atoms with E-state index in [2.05, 4.69) is 16.4 Å². The van der Waals surface area contributed by atoms with Crippen LogP contribution in [0.15, 0.2) is 6.07 Å². The Morgan fingerprint density at radius 3 is 2.83 bits per heavy atom. The molecule has 1 aromatic rings. The topological polar surface area (TPSA) is 69.0 Å². The average molecular weight is 244 g/mol. The molecule has 0 bridgehead atoms. The maximum atomic E-state index is 11.8. The van der Waals surface area contributed by atoms with E-state index in [4.69, 9.17) is 5.26 Å². The molecule has 2 rings (SSSR count). The molecule has 0 aromatic carbocycles. The number of rotatable bonds is 2. The van der Waals surface area contributed by atoms with Gasteiger partial charge in [-0.1, -0.05) is 0 Å². The molecule has 0 aliphatic carbocycles. The maximum absolute atomic E-state index is 11.8. The Morgan fingerprint density at radius 1 is 1.56 bits per heavy atom. The highest BCUT2D eigenvalue weighted by molar-refractivity contribution is 5.87. The summed E-state index contributed by atoms with van der Waals surface area (Å²) in [5, 5.41) is 12.3. The molecule has 1 aliphatic rings. The summed E-state index contributed by atoms with van der Waals surface area (Å²) in [6.07, 6.45) is 0.765. The Morgan fingerprint density at radius 2 is 2.28 bits per heavy atom. The number of likely N-dealkylation sites (N-methyl/N-ethyl adjacent to an activating group) is 1. The molecule has 1 atom stereocenters. The maximum Gasteiger partial charge on any atom is 0.244 e. The van der Waals surface area contributed by atoms with Gasteiger partial charge in [0.15, 0.2) is 0 Å². The number of aromatic nitrogens is 1. The number of hydrogen-bond donors (Lipinski definition) is 1. The monoisotopic (exact) mass is 244 g/mol. The van der Waals surface area contributed by atoms with Crippen molar-refractivity contribution in [1.29, 1.82) is 5.26 Å². The minimum atomic E-state index is -0.233. The Kier molecular flexibility index (Phi) is 3.19. The third kappa shape index (κ3) is 2.14. The molecule has 5 nitrogen and oxygen atoms in total. The van der Waals surface area contributed by atoms with Gasteiger partial charge in [0, 0.05) is 19.3 Å². The Balaban J connectivity index is 2.30. The number of aryl methyl sites for hydroxylation is 2. The minimum absolute atomic E-state index is 0.0750. The number of pyridine rings is 1. The first kappa shape index (κ1) is 12.4. The van der Waals surface area contributed by atoms with Crippen molar-refractivity contribution in [3.8, 4) is 6.07 Å². The number of amides is 1. The van der Waals surface area contributed by atoms with Crippen LogP contribution in [0.4, 0.5) is 5.69 Å². The van der Waals surface area contributed by atoms with Gasteiger partial charge in [-0.3, -0.25) is 9.78 Å². The third-order valence-corrected chi connectivity index (χ3v) is 3.20. The van der Waals surface area contributed by atoms with E-state index in [-0.39, 0.29) is 11.9 Å². The summed E-state index contributed by atoms with van der Waals surface area (Å²) in [5.41, 5.74) is 2.76. The molecular formula is C13H16N4O. The van der Waals surface area contributed by atoms with Crippen molar-refractivity contribution in [3.63, 3.8) is 0 Å². The molecule has 1 aromatic heterocycles. The van der Waals surface area contributed by atoms with Gasteiger partial charge < -0.3 is 10.2 Å². The number of hydrogen-bond acceptors (Lipinski definition) is 4. The van der Waals surface area contributed by atoms with Crippen LogP contribution in [0.25, 0.3) is 0 Å². The Hall–Kier alpha value is -2.09. The van der Waals surface area contributed by atoms with Gasteiger partial charge in [-0.05, 0) is 26.3 Å². The molecule has 1 saturated heterocycles. The summed E-state index contributed by atoms with van der Waals surface area (Å²) in [6.45, 7) is 4.43. The van der Waals surface area contributed by atoms with E-state index >= 15 is 0 Å². The highest BCUT2D eigenvalue weighted by Gasteiger charge is 2.29. The number of carbonyl (C=O) groups excluding carboxylic acids is 1. The van der Waals surface area contributed by atoms with Gasteiger partial charge >= 0.3 is 0 Å². The first-order valence-electron chi connectivity index (χ1n) is 5.92. The molecule has 0 radical (unpaired) electrons. The lowest BCUT2D eigenvalue weighted by Gasteiger charge is -2.15. The second-order valence-electron chi connectivity index (χ2n) is 4.63. The van der Waals surface area contributed by atoms with Crippen molar-refractivity contribution in [1.82, 2.24) is 9.88 Å². The smallest absolute Gasteiger partial charge is 0.244 e. The van der Waals surface area contributed by atoms with Gasteiger partial charge in [-0.2, -0.15) is 5.26 Å². The van der Waals surface area contributed by atoms with Crippen molar-refractivity contribution < 1.29 is 4.79 Å². The lowest BCUT2D eigenvalue weighted by molar-refractivity contribution is -0.127. The van der Waals surface area contributed by atoms with Crippen LogP contribution < -0.4 is 5.32 Å². The van der Waals surface area contributed by atoms with Crippen LogP contribution in [-0.2, 0) is 4.79 Å². The highest BCUT2D eigenvalue weighted by atomic mass is 16.2. The van der Waals surface area contributed by atoms with E-state index in [0.717, 1.165) is 18.7 Å². The van der Waals surface area contributed by atoms with Crippen LogP contribution in [0.3, 0.4) is 0 Å². The van der Waals surface area contributed by atoms with Crippen LogP contribution in [0.1, 0.15) is 23.4 Å². The Bertz CT molecular complexity index is 533. The van der Waals surface area contributed by atoms with Crippen LogP contribution in [0, 0.1) is 25.2 Å². The third-order valence-electron chi connectivity index (χ3n) is 3.20. The zero-order valence-electron chi connectivity index (χ0n) is 10.8. The lowest BCUT2D eigenvalue weighted by Crippen LogP contribution is -2.31. The number of nitrogens with zero attached hydrogens (tertiary/aromatic N) is 3. The van der Waals surface area contributed by atoms with Crippen molar-refractivity contribution in [2.45, 2.75) is 26.3 Å². The van der Waals surface area contributed by atoms with Crippen molar-refractivity contribution in [2.75, 3.05) is 18.9 Å². The molecule has 0 saturated carbocycles. The molecule has 94 valence electrons. The summed E-state index contributed by atoms with van der Waals surface area (Å²) >= 11 is 0. The molecule has 18 heavy (non-hydrogen) atoms. The number of likely N-dealkylation sites (tertiary alicyclic amines) is 1. The lowest BCUT2D eigenvalue weighted by atomic mass is 10.1. The van der Waals surface area contributed by atoms with Gasteiger partial charge in [0.05, 0.1) is 16.9 Å². The average Bonchev–Trinajstić information content (AvgIpc) is 2.60. The summed E-state index contributed by atoms with van der Waals surface area (Å²) in [4.78, 5) is 17.8. The summed E-state index contributed by atoms with van der Waals surface area (Å²) in [5.74, 6) is 0.0750. The molecule has 5 heteroatoms. The minimum Gasteiger partial charge on any atom is -0.372 e. The van der Waals surface area contributed by atoms with E-state index < -0.39 is 0 Å². The molecule has 1 N–H and O–H groups in total. The zero-order chi connectivity index (χ0) is 13.3. The number of nitriles is 1. The standard InChI is InChI=1S/C13H16N4O/c1-8-6-12(10(7-14)9(2)15-8)16-11-4-5-17(3)13(11)18/h6,11H,4-5H2,1-3H3,(H,15,16). The van der Waals surface area contributed by atoms with E-state index in [1.807, 2.05) is 13.0 Å². The van der Waals surface area contributed by atoms with E-state index in [1.165, 1.54) is 0 Å². The van der Waals surface area contributed by atoms with Crippen LogP contribution in [0.5, 0.6) is 0 Å². The fourth-order valence-electron chi connectivity index (χ4n) is 2.23. The van der Waals surface area contributed by atoms with E-state index in [1.54, 1.807) is 18.9 Å². The van der Waals surface area contributed by atoms with Crippen molar-refractivity contribution in [3.05, 3.63) is 23.0 Å². The van der Waals surface area contributed by atoms with Crippen LogP contribution >= 0.6 is 0 Å². The predicted molar refractivity (Wildman–Crippen MR) is 68.1 cm³/mol. The van der Waals surface area contributed by atoms with Gasteiger partial charge in [-0.25, -0.2) is 0 Å². The van der Waals surface area contributed by atoms with Crippen LogP contribution in [-0.4, -0.2) is 35.4 Å². The largest absolute Gasteiger partial charge is 0.372 e.